The van der Waals surface area contributed by atoms with Crippen LogP contribution in [0.4, 0.5) is 4.79 Å². The minimum absolute atomic E-state index is 0.0426. The van der Waals surface area contributed by atoms with Gasteiger partial charge in [0.1, 0.15) is 17.4 Å². The Morgan fingerprint density at radius 2 is 2.19 bits per heavy atom. The monoisotopic (exact) mass is 292 g/mol. The molecular weight excluding hydrogens is 268 g/mol. The SMILES string of the molecule is CC(CNCc1cc(C#N)n(C)c1)NC(=O)OC(C)(C)C. The van der Waals surface area contributed by atoms with Crippen LogP contribution >= 0.6 is 0 Å². The molecule has 6 heteroatoms. The maximum atomic E-state index is 11.6. The summed E-state index contributed by atoms with van der Waals surface area (Å²) < 4.78 is 6.98. The fourth-order valence-electron chi connectivity index (χ4n) is 1.83. The van der Waals surface area contributed by atoms with Gasteiger partial charge >= 0.3 is 6.09 Å². The van der Waals surface area contributed by atoms with Crippen LogP contribution in [-0.4, -0.2) is 28.8 Å². The van der Waals surface area contributed by atoms with Crippen molar-refractivity contribution in [2.45, 2.75) is 45.9 Å². The fourth-order valence-corrected chi connectivity index (χ4v) is 1.83. The average Bonchev–Trinajstić information content (AvgIpc) is 2.66. The van der Waals surface area contributed by atoms with Crippen molar-refractivity contribution in [3.05, 3.63) is 23.5 Å². The molecule has 0 aromatic carbocycles. The highest BCUT2D eigenvalue weighted by atomic mass is 16.6. The molecule has 1 aromatic heterocycles. The number of aromatic nitrogens is 1. The Labute approximate surface area is 126 Å². The molecule has 1 unspecified atom stereocenters. The number of hydrogen-bond donors (Lipinski definition) is 2. The van der Waals surface area contributed by atoms with Gasteiger partial charge in [-0.2, -0.15) is 5.26 Å². The molecule has 6 nitrogen and oxygen atoms in total. The second-order valence-electron chi connectivity index (χ2n) is 6.13. The molecule has 0 aliphatic rings. The second-order valence-corrected chi connectivity index (χ2v) is 6.13. The van der Waals surface area contributed by atoms with Crippen LogP contribution in [0.1, 0.15) is 39.0 Å². The number of amides is 1. The zero-order valence-corrected chi connectivity index (χ0v) is 13.4. The lowest BCUT2D eigenvalue weighted by Crippen LogP contribution is -2.42. The van der Waals surface area contributed by atoms with Crippen LogP contribution in [0.15, 0.2) is 12.3 Å². The van der Waals surface area contributed by atoms with Crippen molar-refractivity contribution >= 4 is 6.09 Å². The first kappa shape index (κ1) is 17.1. The van der Waals surface area contributed by atoms with Gasteiger partial charge in [-0.15, -0.1) is 0 Å². The van der Waals surface area contributed by atoms with Crippen LogP contribution in [0.3, 0.4) is 0 Å². The lowest BCUT2D eigenvalue weighted by molar-refractivity contribution is 0.0508. The van der Waals surface area contributed by atoms with Crippen LogP contribution in [0.5, 0.6) is 0 Å². The third kappa shape index (κ3) is 6.32. The first-order chi connectivity index (χ1) is 9.71. The van der Waals surface area contributed by atoms with Crippen LogP contribution < -0.4 is 10.6 Å². The van der Waals surface area contributed by atoms with Gasteiger partial charge in [0.25, 0.3) is 0 Å². The first-order valence-corrected chi connectivity index (χ1v) is 6.97. The fraction of sp³-hybridized carbons (Fsp3) is 0.600. The van der Waals surface area contributed by atoms with Crippen molar-refractivity contribution in [2.24, 2.45) is 7.05 Å². The van der Waals surface area contributed by atoms with Gasteiger partial charge in [-0.1, -0.05) is 0 Å². The number of rotatable bonds is 5. The molecule has 1 rings (SSSR count). The number of hydrogen-bond acceptors (Lipinski definition) is 4. The van der Waals surface area contributed by atoms with Gasteiger partial charge in [-0.05, 0) is 39.3 Å². The summed E-state index contributed by atoms with van der Waals surface area (Å²) in [6.07, 6.45) is 1.50. The van der Waals surface area contributed by atoms with Crippen LogP contribution in [0.2, 0.25) is 0 Å². The summed E-state index contributed by atoms with van der Waals surface area (Å²) in [6.45, 7) is 8.67. The first-order valence-electron chi connectivity index (χ1n) is 6.97. The van der Waals surface area contributed by atoms with Crippen molar-refractivity contribution < 1.29 is 9.53 Å². The summed E-state index contributed by atoms with van der Waals surface area (Å²) in [7, 11) is 1.84. The van der Waals surface area contributed by atoms with Gasteiger partial charge in [-0.3, -0.25) is 0 Å². The summed E-state index contributed by atoms with van der Waals surface area (Å²) in [5.74, 6) is 0. The number of alkyl carbamates (subject to hydrolysis) is 1. The number of carbonyl (C=O) groups is 1. The third-order valence-electron chi connectivity index (χ3n) is 2.72. The molecule has 1 amide bonds. The molecule has 116 valence electrons. The lowest BCUT2D eigenvalue weighted by Gasteiger charge is -2.22. The molecule has 0 bridgehead atoms. The summed E-state index contributed by atoms with van der Waals surface area (Å²) in [5.41, 5.74) is 1.18. The van der Waals surface area contributed by atoms with Gasteiger partial charge in [0, 0.05) is 32.4 Å². The van der Waals surface area contributed by atoms with Crippen LogP contribution in [0.25, 0.3) is 0 Å². The second kappa shape index (κ2) is 7.14. The summed E-state index contributed by atoms with van der Waals surface area (Å²) in [4.78, 5) is 11.6. The van der Waals surface area contributed by atoms with Gasteiger partial charge in [0.2, 0.25) is 0 Å². The lowest BCUT2D eigenvalue weighted by atomic mass is 10.2. The molecule has 1 heterocycles. The molecule has 2 N–H and O–H groups in total. The third-order valence-corrected chi connectivity index (χ3v) is 2.72. The van der Waals surface area contributed by atoms with Crippen molar-refractivity contribution in [3.8, 4) is 6.07 Å². The van der Waals surface area contributed by atoms with E-state index in [2.05, 4.69) is 16.7 Å². The topological polar surface area (TPSA) is 79.1 Å². The summed E-state index contributed by atoms with van der Waals surface area (Å²) in [6, 6.07) is 3.93. The smallest absolute Gasteiger partial charge is 0.407 e. The maximum Gasteiger partial charge on any atom is 0.407 e. The van der Waals surface area contributed by atoms with E-state index >= 15 is 0 Å². The molecule has 0 aliphatic carbocycles. The van der Waals surface area contributed by atoms with Gasteiger partial charge in [0.05, 0.1) is 0 Å². The number of carbonyl (C=O) groups excluding carboxylic acids is 1. The van der Waals surface area contributed by atoms with E-state index in [-0.39, 0.29) is 6.04 Å². The van der Waals surface area contributed by atoms with E-state index in [9.17, 15) is 4.79 Å². The van der Waals surface area contributed by atoms with E-state index in [1.165, 1.54) is 0 Å². The predicted molar refractivity (Wildman–Crippen MR) is 80.7 cm³/mol. The largest absolute Gasteiger partial charge is 0.444 e. The molecule has 0 fully saturated rings. The van der Waals surface area contributed by atoms with Crippen molar-refractivity contribution in [1.82, 2.24) is 15.2 Å². The standard InChI is InChI=1S/C15H24N4O2/c1-11(18-14(20)21-15(2,3)4)8-17-9-12-6-13(7-16)19(5)10-12/h6,10-11,17H,8-9H2,1-5H3,(H,18,20). The Hall–Kier alpha value is -2.00. The highest BCUT2D eigenvalue weighted by Crippen LogP contribution is 2.07. The van der Waals surface area contributed by atoms with Crippen molar-refractivity contribution in [2.75, 3.05) is 6.54 Å². The molecule has 0 spiro atoms. The number of aryl methyl sites for hydroxylation is 1. The van der Waals surface area contributed by atoms with Crippen molar-refractivity contribution in [3.63, 3.8) is 0 Å². The Kier molecular flexibility index (Phi) is 5.79. The molecule has 0 radical (unpaired) electrons. The Bertz CT molecular complexity index is 523. The molecule has 1 aromatic rings. The number of nitriles is 1. The molecular formula is C15H24N4O2. The van der Waals surface area contributed by atoms with E-state index in [1.54, 1.807) is 4.57 Å². The maximum absolute atomic E-state index is 11.6. The quantitative estimate of drug-likeness (QED) is 0.868. The van der Waals surface area contributed by atoms with Gasteiger partial charge in [-0.25, -0.2) is 4.79 Å². The van der Waals surface area contributed by atoms with Gasteiger partial charge in [0.15, 0.2) is 0 Å². The number of nitrogens with zero attached hydrogens (tertiary/aromatic N) is 2. The summed E-state index contributed by atoms with van der Waals surface area (Å²) >= 11 is 0. The minimum Gasteiger partial charge on any atom is -0.444 e. The molecule has 1 atom stereocenters. The minimum atomic E-state index is -0.491. The predicted octanol–water partition coefficient (Wildman–Crippen LogP) is 1.90. The number of ether oxygens (including phenoxy) is 1. The van der Waals surface area contributed by atoms with Crippen molar-refractivity contribution in [1.29, 1.82) is 5.26 Å². The molecule has 21 heavy (non-hydrogen) atoms. The Morgan fingerprint density at radius 3 is 2.71 bits per heavy atom. The summed E-state index contributed by atoms with van der Waals surface area (Å²) in [5, 5.41) is 14.9. The Morgan fingerprint density at radius 1 is 1.52 bits per heavy atom. The number of nitrogens with one attached hydrogen (secondary N) is 2. The van der Waals surface area contributed by atoms with E-state index < -0.39 is 11.7 Å². The van der Waals surface area contributed by atoms with E-state index in [0.717, 1.165) is 5.56 Å². The highest BCUT2D eigenvalue weighted by molar-refractivity contribution is 5.68. The van der Waals surface area contributed by atoms with Gasteiger partial charge < -0.3 is 19.9 Å². The zero-order chi connectivity index (χ0) is 16.0. The van der Waals surface area contributed by atoms with Crippen LogP contribution in [-0.2, 0) is 18.3 Å². The zero-order valence-electron chi connectivity index (χ0n) is 13.4. The van der Waals surface area contributed by atoms with E-state index in [0.29, 0.717) is 18.8 Å². The normalized spacial score (nSPS) is 12.6. The van der Waals surface area contributed by atoms with Crippen LogP contribution in [0, 0.1) is 11.3 Å². The van der Waals surface area contributed by atoms with E-state index in [4.69, 9.17) is 10.00 Å². The average molecular weight is 292 g/mol. The molecule has 0 saturated heterocycles. The Balaban J connectivity index is 2.32. The molecule has 0 saturated carbocycles. The highest BCUT2D eigenvalue weighted by Gasteiger charge is 2.17. The molecule has 0 aliphatic heterocycles. The van der Waals surface area contributed by atoms with E-state index in [1.807, 2.05) is 47.0 Å².